The molecule has 1 heterocycles. The van der Waals surface area contributed by atoms with Crippen molar-refractivity contribution in [2.75, 3.05) is 0 Å². The quantitative estimate of drug-likeness (QED) is 0.223. The summed E-state index contributed by atoms with van der Waals surface area (Å²) in [5.74, 6) is 0.128. The third-order valence-corrected chi connectivity index (χ3v) is 4.80. The molecule has 0 aliphatic carbocycles. The van der Waals surface area contributed by atoms with Gasteiger partial charge in [0.2, 0.25) is 0 Å². The van der Waals surface area contributed by atoms with E-state index in [1.165, 1.54) is 24.5 Å². The molecule has 30 heavy (non-hydrogen) atoms. The standard InChI is InChI=1S/C20H14BrClN4O4/c21-17-10-14(11-24-25-20(27)16-2-1-9-23-19(16)22)5-8-18(17)30-12-13-3-6-15(7-4-13)26(28)29/h1-11H,12H2,(H,25,27). The predicted molar refractivity (Wildman–Crippen MR) is 116 cm³/mol. The molecule has 3 rings (SSSR count). The van der Waals surface area contributed by atoms with Crippen molar-refractivity contribution in [2.45, 2.75) is 6.61 Å². The summed E-state index contributed by atoms with van der Waals surface area (Å²) in [6.07, 6.45) is 2.97. The Morgan fingerprint density at radius 1 is 1.27 bits per heavy atom. The Hall–Kier alpha value is -3.30. The van der Waals surface area contributed by atoms with E-state index >= 15 is 0 Å². The lowest BCUT2D eigenvalue weighted by Gasteiger charge is -2.09. The Balaban J connectivity index is 1.58. The van der Waals surface area contributed by atoms with Crippen molar-refractivity contribution in [1.29, 1.82) is 0 Å². The van der Waals surface area contributed by atoms with Crippen molar-refractivity contribution in [2.24, 2.45) is 5.10 Å². The summed E-state index contributed by atoms with van der Waals surface area (Å²) >= 11 is 9.30. The van der Waals surface area contributed by atoms with Crippen molar-refractivity contribution in [3.05, 3.63) is 97.2 Å². The SMILES string of the molecule is O=C(NN=Cc1ccc(OCc2ccc([N+](=O)[O-])cc2)c(Br)c1)c1cccnc1Cl. The van der Waals surface area contributed by atoms with Crippen LogP contribution in [0.5, 0.6) is 5.75 Å². The van der Waals surface area contributed by atoms with E-state index in [0.29, 0.717) is 10.2 Å². The van der Waals surface area contributed by atoms with Crippen molar-refractivity contribution >= 4 is 45.3 Å². The van der Waals surface area contributed by atoms with Gasteiger partial charge in [-0.15, -0.1) is 0 Å². The predicted octanol–water partition coefficient (Wildman–Crippen LogP) is 4.75. The molecule has 0 radical (unpaired) electrons. The van der Waals surface area contributed by atoms with Crippen molar-refractivity contribution in [3.8, 4) is 5.75 Å². The molecular weight excluding hydrogens is 476 g/mol. The first kappa shape index (κ1) is 21.4. The molecule has 0 fully saturated rings. The molecule has 0 atom stereocenters. The summed E-state index contributed by atoms with van der Waals surface area (Å²) in [4.78, 5) is 26.1. The first-order valence-corrected chi connectivity index (χ1v) is 9.71. The van der Waals surface area contributed by atoms with Crippen molar-refractivity contribution in [3.63, 3.8) is 0 Å². The summed E-state index contributed by atoms with van der Waals surface area (Å²) in [5, 5.41) is 14.7. The molecule has 152 valence electrons. The van der Waals surface area contributed by atoms with Gasteiger partial charge in [0.15, 0.2) is 0 Å². The minimum atomic E-state index is -0.466. The highest BCUT2D eigenvalue weighted by atomic mass is 79.9. The topological polar surface area (TPSA) is 107 Å². The van der Waals surface area contributed by atoms with Crippen molar-refractivity contribution in [1.82, 2.24) is 10.4 Å². The van der Waals surface area contributed by atoms with E-state index in [2.05, 4.69) is 31.4 Å². The number of amides is 1. The van der Waals surface area contributed by atoms with E-state index < -0.39 is 10.8 Å². The number of nitrogens with one attached hydrogen (secondary N) is 1. The Labute approximate surface area is 184 Å². The summed E-state index contributed by atoms with van der Waals surface area (Å²) in [6.45, 7) is 0.256. The first-order chi connectivity index (χ1) is 14.4. The average Bonchev–Trinajstić information content (AvgIpc) is 2.73. The second kappa shape index (κ2) is 9.95. The molecule has 0 bridgehead atoms. The number of hydrogen-bond acceptors (Lipinski definition) is 6. The van der Waals surface area contributed by atoms with Gasteiger partial charge in [-0.1, -0.05) is 11.6 Å². The maximum absolute atomic E-state index is 12.0. The van der Waals surface area contributed by atoms with E-state index in [-0.39, 0.29) is 23.0 Å². The Morgan fingerprint density at radius 3 is 2.70 bits per heavy atom. The number of benzene rings is 2. The van der Waals surface area contributed by atoms with Gasteiger partial charge in [-0.3, -0.25) is 14.9 Å². The molecule has 0 unspecified atom stereocenters. The number of non-ortho nitro benzene ring substituents is 1. The van der Waals surface area contributed by atoms with Crippen LogP contribution in [0.3, 0.4) is 0 Å². The number of pyridine rings is 1. The van der Waals surface area contributed by atoms with Crippen LogP contribution in [0.15, 0.2) is 70.4 Å². The lowest BCUT2D eigenvalue weighted by molar-refractivity contribution is -0.384. The van der Waals surface area contributed by atoms with E-state index in [1.807, 2.05) is 0 Å². The number of nitro benzene ring substituents is 1. The van der Waals surface area contributed by atoms with Crippen LogP contribution in [0.4, 0.5) is 5.69 Å². The highest BCUT2D eigenvalue weighted by Gasteiger charge is 2.09. The van der Waals surface area contributed by atoms with Gasteiger partial charge in [0.05, 0.1) is 21.2 Å². The minimum Gasteiger partial charge on any atom is -0.488 e. The molecule has 2 aromatic carbocycles. The van der Waals surface area contributed by atoms with E-state index in [0.717, 1.165) is 11.1 Å². The molecule has 8 nitrogen and oxygen atoms in total. The monoisotopic (exact) mass is 488 g/mol. The third kappa shape index (κ3) is 5.62. The van der Waals surface area contributed by atoms with Crippen LogP contribution in [0.2, 0.25) is 5.15 Å². The van der Waals surface area contributed by atoms with Gasteiger partial charge in [-0.25, -0.2) is 10.4 Å². The van der Waals surface area contributed by atoms with Gasteiger partial charge in [0, 0.05) is 18.3 Å². The summed E-state index contributed by atoms with van der Waals surface area (Å²) in [5.41, 5.74) is 4.18. The largest absolute Gasteiger partial charge is 0.488 e. The van der Waals surface area contributed by atoms with E-state index in [4.69, 9.17) is 16.3 Å². The number of carbonyl (C=O) groups is 1. The molecular formula is C20H14BrClN4O4. The second-order valence-corrected chi connectivity index (χ2v) is 7.16. The zero-order valence-electron chi connectivity index (χ0n) is 15.3. The van der Waals surface area contributed by atoms with Crippen LogP contribution in [0, 0.1) is 10.1 Å². The molecule has 10 heteroatoms. The normalized spacial score (nSPS) is 10.7. The number of ether oxygens (including phenoxy) is 1. The number of halogens is 2. The van der Waals surface area contributed by atoms with Crippen LogP contribution in [-0.4, -0.2) is 22.0 Å². The maximum atomic E-state index is 12.0. The zero-order chi connectivity index (χ0) is 21.5. The molecule has 1 aromatic heterocycles. The summed E-state index contributed by atoms with van der Waals surface area (Å²) in [7, 11) is 0. The fraction of sp³-hybridized carbons (Fsp3) is 0.0500. The molecule has 0 saturated carbocycles. The third-order valence-electron chi connectivity index (χ3n) is 3.88. The summed E-state index contributed by atoms with van der Waals surface area (Å²) < 4.78 is 6.43. The number of hydrogen-bond donors (Lipinski definition) is 1. The lowest BCUT2D eigenvalue weighted by atomic mass is 10.2. The van der Waals surface area contributed by atoms with Crippen LogP contribution >= 0.6 is 27.5 Å². The summed E-state index contributed by atoms with van der Waals surface area (Å²) in [6, 6.07) is 14.6. The van der Waals surface area contributed by atoms with Crippen LogP contribution in [-0.2, 0) is 6.61 Å². The number of nitrogens with zero attached hydrogens (tertiary/aromatic N) is 3. The van der Waals surface area contributed by atoms with Crippen LogP contribution in [0.25, 0.3) is 0 Å². The number of rotatable bonds is 7. The minimum absolute atomic E-state index is 0.0291. The molecule has 0 aliphatic rings. The fourth-order valence-electron chi connectivity index (χ4n) is 2.37. The Bertz CT molecular complexity index is 1110. The zero-order valence-corrected chi connectivity index (χ0v) is 17.6. The molecule has 1 amide bonds. The Morgan fingerprint density at radius 2 is 2.03 bits per heavy atom. The highest BCUT2D eigenvalue weighted by Crippen LogP contribution is 2.26. The highest BCUT2D eigenvalue weighted by molar-refractivity contribution is 9.10. The van der Waals surface area contributed by atoms with Gasteiger partial charge < -0.3 is 4.74 Å². The van der Waals surface area contributed by atoms with E-state index in [9.17, 15) is 14.9 Å². The average molecular weight is 490 g/mol. The number of hydrazone groups is 1. The maximum Gasteiger partial charge on any atom is 0.274 e. The van der Waals surface area contributed by atoms with Crippen LogP contribution < -0.4 is 10.2 Å². The second-order valence-electron chi connectivity index (χ2n) is 5.94. The molecule has 3 aromatic rings. The number of nitro groups is 1. The lowest BCUT2D eigenvalue weighted by Crippen LogP contribution is -2.18. The fourth-order valence-corrected chi connectivity index (χ4v) is 3.09. The van der Waals surface area contributed by atoms with Crippen LogP contribution in [0.1, 0.15) is 21.5 Å². The molecule has 0 spiro atoms. The van der Waals surface area contributed by atoms with E-state index in [1.54, 1.807) is 42.5 Å². The van der Waals surface area contributed by atoms with Gasteiger partial charge >= 0.3 is 0 Å². The van der Waals surface area contributed by atoms with Gasteiger partial charge in [-0.2, -0.15) is 5.10 Å². The number of carbonyl (C=O) groups excluding carboxylic acids is 1. The van der Waals surface area contributed by atoms with Gasteiger partial charge in [0.25, 0.3) is 11.6 Å². The van der Waals surface area contributed by atoms with Crippen molar-refractivity contribution < 1.29 is 14.5 Å². The smallest absolute Gasteiger partial charge is 0.274 e. The molecule has 0 aliphatic heterocycles. The Kier molecular flexibility index (Phi) is 7.10. The molecule has 0 saturated heterocycles. The van der Waals surface area contributed by atoms with Gasteiger partial charge in [0.1, 0.15) is 17.5 Å². The first-order valence-electron chi connectivity index (χ1n) is 8.53. The number of aromatic nitrogens is 1. The molecule has 1 N–H and O–H groups in total. The van der Waals surface area contributed by atoms with Gasteiger partial charge in [-0.05, 0) is 69.5 Å².